The molecule has 15 heavy (non-hydrogen) atoms. The molecule has 0 saturated heterocycles. The van der Waals surface area contributed by atoms with E-state index < -0.39 is 33.1 Å². The Morgan fingerprint density at radius 3 is 2.47 bits per heavy atom. The molecule has 0 unspecified atom stereocenters. The van der Waals surface area contributed by atoms with Crippen LogP contribution in [0.25, 0.3) is 0 Å². The standard InChI is InChI=1S/C9H16O5S/c1-2-15(13,14)7-3-4-9(5-7,6-10)8(11)12/h7,10H,2-6H2,1H3,(H,11,12)/t7-,9+/m1/s1. The highest BCUT2D eigenvalue weighted by Crippen LogP contribution is 2.41. The monoisotopic (exact) mass is 236 g/mol. The van der Waals surface area contributed by atoms with Gasteiger partial charge in [-0.2, -0.15) is 0 Å². The Hall–Kier alpha value is -0.620. The predicted octanol–water partition coefficient (Wildman–Crippen LogP) is 0.0369. The number of aliphatic hydroxyl groups excluding tert-OH is 1. The summed E-state index contributed by atoms with van der Waals surface area (Å²) in [6.07, 6.45) is 0.612. The fraction of sp³-hybridized carbons (Fsp3) is 0.889. The van der Waals surface area contributed by atoms with Gasteiger partial charge in [-0.3, -0.25) is 4.79 Å². The zero-order valence-electron chi connectivity index (χ0n) is 8.64. The van der Waals surface area contributed by atoms with Crippen LogP contribution in [0.1, 0.15) is 26.2 Å². The van der Waals surface area contributed by atoms with Crippen molar-refractivity contribution in [3.05, 3.63) is 0 Å². The summed E-state index contributed by atoms with van der Waals surface area (Å²) in [5.74, 6) is -1.07. The van der Waals surface area contributed by atoms with E-state index in [1.807, 2.05) is 0 Å². The number of carboxylic acid groups (broad SMARTS) is 1. The maximum absolute atomic E-state index is 11.6. The van der Waals surface area contributed by atoms with E-state index in [1.165, 1.54) is 0 Å². The molecule has 5 nitrogen and oxygen atoms in total. The van der Waals surface area contributed by atoms with Gasteiger partial charge in [0, 0.05) is 5.75 Å². The van der Waals surface area contributed by atoms with Crippen molar-refractivity contribution >= 4 is 15.8 Å². The summed E-state index contributed by atoms with van der Waals surface area (Å²) in [4.78, 5) is 11.0. The molecule has 2 atom stereocenters. The van der Waals surface area contributed by atoms with Gasteiger partial charge < -0.3 is 10.2 Å². The third-order valence-corrected chi connectivity index (χ3v) is 5.45. The molecule has 1 rings (SSSR count). The minimum absolute atomic E-state index is 0.0266. The minimum Gasteiger partial charge on any atom is -0.481 e. The van der Waals surface area contributed by atoms with Crippen molar-refractivity contribution in [1.82, 2.24) is 0 Å². The second kappa shape index (κ2) is 4.09. The zero-order valence-corrected chi connectivity index (χ0v) is 9.46. The fourth-order valence-electron chi connectivity index (χ4n) is 2.02. The van der Waals surface area contributed by atoms with Gasteiger partial charge in [-0.05, 0) is 19.3 Å². The molecule has 0 aromatic carbocycles. The molecule has 1 aliphatic carbocycles. The Kier molecular flexibility index (Phi) is 3.40. The van der Waals surface area contributed by atoms with Gasteiger partial charge in [0.2, 0.25) is 0 Å². The smallest absolute Gasteiger partial charge is 0.312 e. The Bertz CT molecular complexity index is 348. The van der Waals surface area contributed by atoms with Crippen LogP contribution in [0.3, 0.4) is 0 Å². The van der Waals surface area contributed by atoms with Crippen LogP contribution in [-0.2, 0) is 14.6 Å². The van der Waals surface area contributed by atoms with Gasteiger partial charge in [-0.1, -0.05) is 6.92 Å². The number of carboxylic acids is 1. The summed E-state index contributed by atoms with van der Waals surface area (Å²) < 4.78 is 23.1. The zero-order chi connectivity index (χ0) is 11.7. The Morgan fingerprint density at radius 1 is 1.53 bits per heavy atom. The number of aliphatic hydroxyl groups is 1. The van der Waals surface area contributed by atoms with Gasteiger partial charge in [0.05, 0.1) is 17.3 Å². The molecule has 2 N–H and O–H groups in total. The first-order valence-electron chi connectivity index (χ1n) is 4.94. The first-order chi connectivity index (χ1) is 6.88. The molecule has 0 bridgehead atoms. The number of aliphatic carboxylic acids is 1. The summed E-state index contributed by atoms with van der Waals surface area (Å²) in [5.41, 5.74) is -1.24. The number of sulfone groups is 1. The highest BCUT2D eigenvalue weighted by atomic mass is 32.2. The summed E-state index contributed by atoms with van der Waals surface area (Å²) in [7, 11) is -3.19. The maximum Gasteiger partial charge on any atom is 0.312 e. The van der Waals surface area contributed by atoms with Crippen LogP contribution in [-0.4, -0.2) is 42.2 Å². The second-order valence-corrected chi connectivity index (χ2v) is 6.63. The third-order valence-electron chi connectivity index (χ3n) is 3.23. The highest BCUT2D eigenvalue weighted by Gasteiger charge is 2.48. The lowest BCUT2D eigenvalue weighted by atomic mass is 9.88. The summed E-state index contributed by atoms with van der Waals surface area (Å²) in [6.45, 7) is 1.06. The van der Waals surface area contributed by atoms with Gasteiger partial charge in [0.15, 0.2) is 9.84 Å². The van der Waals surface area contributed by atoms with E-state index in [0.717, 1.165) is 0 Å². The van der Waals surface area contributed by atoms with Crippen molar-refractivity contribution in [3.8, 4) is 0 Å². The van der Waals surface area contributed by atoms with Crippen molar-refractivity contribution < 1.29 is 23.4 Å². The molecule has 0 aromatic rings. The maximum atomic E-state index is 11.6. The molecule has 0 heterocycles. The third kappa shape index (κ3) is 2.15. The van der Waals surface area contributed by atoms with E-state index in [0.29, 0.717) is 6.42 Å². The van der Waals surface area contributed by atoms with Gasteiger partial charge in [0.25, 0.3) is 0 Å². The quantitative estimate of drug-likeness (QED) is 0.719. The van der Waals surface area contributed by atoms with Crippen LogP contribution in [0.4, 0.5) is 0 Å². The topological polar surface area (TPSA) is 91.7 Å². The molecule has 1 saturated carbocycles. The van der Waals surface area contributed by atoms with Crippen molar-refractivity contribution in [2.75, 3.05) is 12.4 Å². The lowest BCUT2D eigenvalue weighted by Crippen LogP contribution is -2.33. The van der Waals surface area contributed by atoms with Crippen LogP contribution in [0.5, 0.6) is 0 Å². The van der Waals surface area contributed by atoms with Crippen molar-refractivity contribution in [2.24, 2.45) is 5.41 Å². The van der Waals surface area contributed by atoms with Crippen LogP contribution in [0, 0.1) is 5.41 Å². The molecule has 0 spiro atoms. The van der Waals surface area contributed by atoms with Gasteiger partial charge in [0.1, 0.15) is 0 Å². The van der Waals surface area contributed by atoms with Gasteiger partial charge in [-0.25, -0.2) is 8.42 Å². The van der Waals surface area contributed by atoms with Crippen LogP contribution >= 0.6 is 0 Å². The van der Waals surface area contributed by atoms with E-state index in [1.54, 1.807) is 6.92 Å². The van der Waals surface area contributed by atoms with Crippen molar-refractivity contribution in [2.45, 2.75) is 31.4 Å². The molecular weight excluding hydrogens is 220 g/mol. The Morgan fingerprint density at radius 2 is 2.13 bits per heavy atom. The van der Waals surface area contributed by atoms with E-state index in [2.05, 4.69) is 0 Å². The minimum atomic E-state index is -3.19. The number of rotatable bonds is 4. The molecule has 1 aliphatic rings. The highest BCUT2D eigenvalue weighted by molar-refractivity contribution is 7.92. The second-order valence-electron chi connectivity index (χ2n) is 4.06. The fourth-order valence-corrected chi connectivity index (χ4v) is 3.55. The first-order valence-corrected chi connectivity index (χ1v) is 6.65. The molecule has 88 valence electrons. The lowest BCUT2D eigenvalue weighted by Gasteiger charge is -2.20. The molecular formula is C9H16O5S. The number of hydrogen-bond acceptors (Lipinski definition) is 4. The van der Waals surface area contributed by atoms with E-state index in [9.17, 15) is 13.2 Å². The van der Waals surface area contributed by atoms with Crippen molar-refractivity contribution in [3.63, 3.8) is 0 Å². The Balaban J connectivity index is 2.87. The Labute approximate surface area is 89.0 Å². The summed E-state index contributed by atoms with van der Waals surface area (Å²) >= 11 is 0. The molecule has 6 heteroatoms. The largest absolute Gasteiger partial charge is 0.481 e. The average Bonchev–Trinajstić information content (AvgIpc) is 2.63. The van der Waals surface area contributed by atoms with Crippen LogP contribution < -0.4 is 0 Å². The average molecular weight is 236 g/mol. The van der Waals surface area contributed by atoms with Crippen LogP contribution in [0.15, 0.2) is 0 Å². The molecule has 0 radical (unpaired) electrons. The molecule has 1 fully saturated rings. The molecule has 0 amide bonds. The first kappa shape index (κ1) is 12.4. The van der Waals surface area contributed by atoms with E-state index in [4.69, 9.17) is 10.2 Å². The number of hydrogen-bond donors (Lipinski definition) is 2. The molecule has 0 aromatic heterocycles. The molecule has 0 aliphatic heterocycles. The van der Waals surface area contributed by atoms with Crippen LogP contribution in [0.2, 0.25) is 0 Å². The van der Waals surface area contributed by atoms with E-state index in [-0.39, 0.29) is 18.6 Å². The normalized spacial score (nSPS) is 31.7. The summed E-state index contributed by atoms with van der Waals surface area (Å²) in [5, 5.41) is 17.4. The number of carbonyl (C=O) groups is 1. The van der Waals surface area contributed by atoms with Gasteiger partial charge in [-0.15, -0.1) is 0 Å². The lowest BCUT2D eigenvalue weighted by molar-refractivity contribution is -0.151. The summed E-state index contributed by atoms with van der Waals surface area (Å²) in [6, 6.07) is 0. The SMILES string of the molecule is CCS(=O)(=O)[C@@H]1CC[C@](CO)(C(=O)O)C1. The van der Waals surface area contributed by atoms with Crippen molar-refractivity contribution in [1.29, 1.82) is 0 Å². The predicted molar refractivity (Wildman–Crippen MR) is 54.3 cm³/mol. The van der Waals surface area contributed by atoms with E-state index >= 15 is 0 Å². The van der Waals surface area contributed by atoms with Gasteiger partial charge >= 0.3 is 5.97 Å².